The normalized spacial score (nSPS) is 21.1. The molecule has 2 atom stereocenters. The van der Waals surface area contributed by atoms with Crippen LogP contribution >= 0.6 is 0 Å². The van der Waals surface area contributed by atoms with Crippen molar-refractivity contribution < 1.29 is 14.6 Å². The third-order valence-electron chi connectivity index (χ3n) is 5.16. The molecule has 2 aromatic rings. The molecule has 1 heterocycles. The zero-order chi connectivity index (χ0) is 17.6. The van der Waals surface area contributed by atoms with Gasteiger partial charge in [0.05, 0.1) is 14.2 Å². The fourth-order valence-corrected chi connectivity index (χ4v) is 3.89. The van der Waals surface area contributed by atoms with E-state index in [0.29, 0.717) is 5.92 Å². The van der Waals surface area contributed by atoms with Crippen molar-refractivity contribution in [3.8, 4) is 11.5 Å². The van der Waals surface area contributed by atoms with E-state index in [1.54, 1.807) is 14.2 Å². The van der Waals surface area contributed by atoms with Gasteiger partial charge >= 0.3 is 0 Å². The van der Waals surface area contributed by atoms with Crippen LogP contribution in [-0.2, 0) is 6.54 Å². The molecular weight excluding hydrogens is 314 g/mol. The molecule has 4 heteroatoms. The van der Waals surface area contributed by atoms with Crippen molar-refractivity contribution in [3.05, 3.63) is 59.7 Å². The Balaban J connectivity index is 1.72. The monoisotopic (exact) mass is 341 g/mol. The van der Waals surface area contributed by atoms with Gasteiger partial charge in [-0.1, -0.05) is 42.5 Å². The first-order valence-electron chi connectivity index (χ1n) is 8.84. The van der Waals surface area contributed by atoms with Gasteiger partial charge in [0.25, 0.3) is 0 Å². The van der Waals surface area contributed by atoms with Crippen molar-refractivity contribution in [1.29, 1.82) is 0 Å². The molecule has 0 saturated carbocycles. The topological polar surface area (TPSA) is 41.9 Å². The second-order valence-corrected chi connectivity index (χ2v) is 6.64. The van der Waals surface area contributed by atoms with Crippen LogP contribution in [0.5, 0.6) is 11.5 Å². The summed E-state index contributed by atoms with van der Waals surface area (Å²) in [5.41, 5.74) is 2.46. The molecule has 1 aliphatic heterocycles. The number of ether oxygens (including phenoxy) is 2. The number of aliphatic hydroxyl groups is 1. The van der Waals surface area contributed by atoms with E-state index in [0.717, 1.165) is 43.1 Å². The molecule has 1 saturated heterocycles. The molecule has 0 spiro atoms. The highest BCUT2D eigenvalue weighted by atomic mass is 16.5. The Hall–Kier alpha value is -2.04. The predicted octanol–water partition coefficient (Wildman–Crippen LogP) is 3.30. The molecule has 2 aromatic carbocycles. The van der Waals surface area contributed by atoms with Gasteiger partial charge in [-0.25, -0.2) is 0 Å². The number of piperidine rings is 1. The van der Waals surface area contributed by atoms with E-state index in [1.165, 1.54) is 5.56 Å². The van der Waals surface area contributed by atoms with E-state index in [2.05, 4.69) is 35.2 Å². The third kappa shape index (κ3) is 3.97. The van der Waals surface area contributed by atoms with Crippen LogP contribution < -0.4 is 9.47 Å². The van der Waals surface area contributed by atoms with Gasteiger partial charge in [-0.2, -0.15) is 0 Å². The Kier molecular flexibility index (Phi) is 5.95. The van der Waals surface area contributed by atoms with Crippen LogP contribution in [0.1, 0.15) is 23.5 Å². The molecule has 1 N–H and O–H groups in total. The number of benzene rings is 2. The number of rotatable bonds is 6. The van der Waals surface area contributed by atoms with Gasteiger partial charge in [-0.3, -0.25) is 4.90 Å². The van der Waals surface area contributed by atoms with Gasteiger partial charge < -0.3 is 14.6 Å². The highest BCUT2D eigenvalue weighted by molar-refractivity contribution is 5.46. The number of methoxy groups -OCH3 is 2. The van der Waals surface area contributed by atoms with E-state index in [9.17, 15) is 5.11 Å². The minimum Gasteiger partial charge on any atom is -0.493 e. The van der Waals surface area contributed by atoms with Gasteiger partial charge in [0.1, 0.15) is 0 Å². The van der Waals surface area contributed by atoms with Gasteiger partial charge in [-0.05, 0) is 30.5 Å². The van der Waals surface area contributed by atoms with Crippen molar-refractivity contribution in [1.82, 2.24) is 4.90 Å². The fourth-order valence-electron chi connectivity index (χ4n) is 3.89. The highest BCUT2D eigenvalue weighted by Crippen LogP contribution is 2.36. The quantitative estimate of drug-likeness (QED) is 0.875. The van der Waals surface area contributed by atoms with Crippen molar-refractivity contribution in [3.63, 3.8) is 0 Å². The molecule has 1 aliphatic rings. The number of nitrogens with zero attached hydrogens (tertiary/aromatic N) is 1. The molecule has 0 aromatic heterocycles. The van der Waals surface area contributed by atoms with Crippen LogP contribution in [0.4, 0.5) is 0 Å². The Labute approximate surface area is 150 Å². The van der Waals surface area contributed by atoms with Gasteiger partial charge in [0.2, 0.25) is 0 Å². The number of hydrogen-bond acceptors (Lipinski definition) is 4. The van der Waals surface area contributed by atoms with Crippen LogP contribution in [0.25, 0.3) is 0 Å². The average molecular weight is 341 g/mol. The maximum atomic E-state index is 9.92. The fraction of sp³-hybridized carbons (Fsp3) is 0.429. The first kappa shape index (κ1) is 17.8. The summed E-state index contributed by atoms with van der Waals surface area (Å²) in [5, 5.41) is 9.92. The zero-order valence-corrected chi connectivity index (χ0v) is 15.0. The summed E-state index contributed by atoms with van der Waals surface area (Å²) in [5.74, 6) is 2.25. The minimum atomic E-state index is 0.214. The second kappa shape index (κ2) is 8.37. The Morgan fingerprint density at radius 2 is 1.84 bits per heavy atom. The van der Waals surface area contributed by atoms with E-state index >= 15 is 0 Å². The first-order chi connectivity index (χ1) is 12.3. The van der Waals surface area contributed by atoms with E-state index in [1.807, 2.05) is 18.2 Å². The lowest BCUT2D eigenvalue weighted by Gasteiger charge is -2.38. The lowest BCUT2D eigenvalue weighted by atomic mass is 9.81. The SMILES string of the molecule is COc1cccc(CN2CC[C@@H](c3ccccc3)[C@@H](CO)C2)c1OC. The molecule has 0 bridgehead atoms. The molecule has 25 heavy (non-hydrogen) atoms. The Morgan fingerprint density at radius 1 is 1.04 bits per heavy atom. The summed E-state index contributed by atoms with van der Waals surface area (Å²) in [4.78, 5) is 2.40. The maximum Gasteiger partial charge on any atom is 0.165 e. The van der Waals surface area contributed by atoms with Crippen LogP contribution in [-0.4, -0.2) is 43.9 Å². The van der Waals surface area contributed by atoms with Crippen molar-refractivity contribution >= 4 is 0 Å². The van der Waals surface area contributed by atoms with Gasteiger partial charge in [0.15, 0.2) is 11.5 Å². The lowest BCUT2D eigenvalue weighted by Crippen LogP contribution is -2.40. The maximum absolute atomic E-state index is 9.92. The smallest absolute Gasteiger partial charge is 0.165 e. The molecule has 0 unspecified atom stereocenters. The van der Waals surface area contributed by atoms with Crippen molar-refractivity contribution in [2.45, 2.75) is 18.9 Å². The molecule has 3 rings (SSSR count). The molecule has 0 amide bonds. The van der Waals surface area contributed by atoms with Crippen LogP contribution in [0.15, 0.2) is 48.5 Å². The molecule has 0 radical (unpaired) electrons. The molecule has 0 aliphatic carbocycles. The molecular formula is C21H27NO3. The summed E-state index contributed by atoms with van der Waals surface area (Å²) in [6.07, 6.45) is 1.06. The number of likely N-dealkylation sites (tertiary alicyclic amines) is 1. The predicted molar refractivity (Wildman–Crippen MR) is 99.2 cm³/mol. The largest absolute Gasteiger partial charge is 0.493 e. The summed E-state index contributed by atoms with van der Waals surface area (Å²) >= 11 is 0. The number of aliphatic hydroxyl groups excluding tert-OH is 1. The van der Waals surface area contributed by atoms with Gasteiger partial charge in [-0.15, -0.1) is 0 Å². The summed E-state index contributed by atoms with van der Waals surface area (Å²) in [7, 11) is 3.34. The summed E-state index contributed by atoms with van der Waals surface area (Å²) in [6, 6.07) is 16.5. The lowest BCUT2D eigenvalue weighted by molar-refractivity contribution is 0.0966. The molecule has 4 nitrogen and oxygen atoms in total. The number of para-hydroxylation sites is 1. The molecule has 134 valence electrons. The first-order valence-corrected chi connectivity index (χ1v) is 8.84. The third-order valence-corrected chi connectivity index (χ3v) is 5.16. The average Bonchev–Trinajstić information content (AvgIpc) is 2.68. The Morgan fingerprint density at radius 3 is 2.52 bits per heavy atom. The Bertz CT molecular complexity index is 674. The highest BCUT2D eigenvalue weighted by Gasteiger charge is 2.30. The van der Waals surface area contributed by atoms with Crippen LogP contribution in [0, 0.1) is 5.92 Å². The van der Waals surface area contributed by atoms with E-state index in [4.69, 9.17) is 9.47 Å². The second-order valence-electron chi connectivity index (χ2n) is 6.64. The van der Waals surface area contributed by atoms with Gasteiger partial charge in [0, 0.05) is 31.2 Å². The van der Waals surface area contributed by atoms with Crippen molar-refractivity contribution in [2.24, 2.45) is 5.92 Å². The summed E-state index contributed by atoms with van der Waals surface area (Å²) < 4.78 is 11.0. The zero-order valence-electron chi connectivity index (χ0n) is 15.0. The van der Waals surface area contributed by atoms with E-state index in [-0.39, 0.29) is 12.5 Å². The van der Waals surface area contributed by atoms with E-state index < -0.39 is 0 Å². The molecule has 1 fully saturated rings. The van der Waals surface area contributed by atoms with Crippen LogP contribution in [0.3, 0.4) is 0 Å². The van der Waals surface area contributed by atoms with Crippen molar-refractivity contribution in [2.75, 3.05) is 33.9 Å². The number of hydrogen-bond donors (Lipinski definition) is 1. The van der Waals surface area contributed by atoms with Crippen LogP contribution in [0.2, 0.25) is 0 Å². The summed E-state index contributed by atoms with van der Waals surface area (Å²) in [6.45, 7) is 2.91. The minimum absolute atomic E-state index is 0.214. The standard InChI is InChI=1S/C21H27NO3/c1-24-20-10-6-9-17(21(20)25-2)13-22-12-11-19(18(14-22)15-23)16-7-4-3-5-8-16/h3-10,18-19,23H,11-15H2,1-2H3/t18-,19+/m1/s1.